The molecule has 1 saturated heterocycles. The van der Waals surface area contributed by atoms with Crippen molar-refractivity contribution < 1.29 is 24.2 Å². The summed E-state index contributed by atoms with van der Waals surface area (Å²) in [5, 5.41) is 11.9. The number of aliphatic hydroxyl groups excluding tert-OH is 1. The number of amides is 1. The maximum atomic E-state index is 13.5. The number of carbonyl (C=O) groups excluding carboxylic acids is 2. The Balaban J connectivity index is 1.98. The van der Waals surface area contributed by atoms with Gasteiger partial charge >= 0.3 is 0 Å². The summed E-state index contributed by atoms with van der Waals surface area (Å²) in [6.07, 6.45) is 0. The monoisotopic (exact) mass is 539 g/mol. The Bertz CT molecular complexity index is 1410. The van der Waals surface area contributed by atoms with Crippen molar-refractivity contribution in [1.82, 2.24) is 0 Å². The first-order valence-electron chi connectivity index (χ1n) is 11.6. The molecule has 192 valence electrons. The SMILES string of the molecule is COc1cccc(C2/C(=C(\O)c3cc(Cl)cc(Cl)c3OC)C(=O)C(=O)N2c2ccc(C(C)(C)C)cc2)c1. The number of Topliss-reactive ketones (excluding diaryl/α,β-unsaturated/α-hetero) is 1. The molecule has 1 aliphatic rings. The zero-order valence-corrected chi connectivity index (χ0v) is 22.6. The molecule has 1 amide bonds. The van der Waals surface area contributed by atoms with E-state index in [4.69, 9.17) is 32.7 Å². The lowest BCUT2D eigenvalue weighted by atomic mass is 9.87. The van der Waals surface area contributed by atoms with E-state index in [9.17, 15) is 14.7 Å². The van der Waals surface area contributed by atoms with E-state index in [0.29, 0.717) is 17.0 Å². The molecule has 1 unspecified atom stereocenters. The minimum atomic E-state index is -0.946. The molecule has 0 aliphatic carbocycles. The molecule has 3 aromatic rings. The zero-order chi connectivity index (χ0) is 27.1. The number of carbonyl (C=O) groups is 2. The smallest absolute Gasteiger partial charge is 0.300 e. The van der Waals surface area contributed by atoms with Crippen molar-refractivity contribution in [2.75, 3.05) is 19.1 Å². The molecular weight excluding hydrogens is 513 g/mol. The summed E-state index contributed by atoms with van der Waals surface area (Å²) < 4.78 is 10.8. The predicted molar refractivity (Wildman–Crippen MR) is 146 cm³/mol. The van der Waals surface area contributed by atoms with Crippen molar-refractivity contribution in [2.24, 2.45) is 0 Å². The van der Waals surface area contributed by atoms with Crippen molar-refractivity contribution in [3.05, 3.63) is 93.0 Å². The van der Waals surface area contributed by atoms with Crippen LogP contribution in [0.15, 0.2) is 66.2 Å². The van der Waals surface area contributed by atoms with E-state index in [0.717, 1.165) is 5.56 Å². The van der Waals surface area contributed by atoms with E-state index in [1.54, 1.807) is 36.4 Å². The maximum absolute atomic E-state index is 13.5. The molecule has 0 spiro atoms. The van der Waals surface area contributed by atoms with Gasteiger partial charge < -0.3 is 14.6 Å². The van der Waals surface area contributed by atoms with Crippen LogP contribution in [0.5, 0.6) is 11.5 Å². The second-order valence-electron chi connectivity index (χ2n) is 9.71. The standard InChI is InChI=1S/C29H27Cl2NO5/c1-29(2,3)17-9-11-19(12-10-17)32-24(16-7-6-8-20(13-16)36-4)23(26(34)28(32)35)25(33)21-14-18(30)15-22(31)27(21)37-5/h6-15,24,33H,1-5H3/b25-23+. The van der Waals surface area contributed by atoms with Gasteiger partial charge in [0.15, 0.2) is 0 Å². The highest BCUT2D eigenvalue weighted by molar-refractivity contribution is 6.52. The van der Waals surface area contributed by atoms with Gasteiger partial charge in [-0.3, -0.25) is 14.5 Å². The number of anilines is 1. The largest absolute Gasteiger partial charge is 0.507 e. The number of hydrogen-bond acceptors (Lipinski definition) is 5. The molecule has 0 aromatic heterocycles. The van der Waals surface area contributed by atoms with Crippen LogP contribution in [0.2, 0.25) is 10.0 Å². The van der Waals surface area contributed by atoms with Crippen LogP contribution in [0, 0.1) is 0 Å². The molecule has 3 aromatic carbocycles. The number of ether oxygens (including phenoxy) is 2. The third-order valence-corrected chi connectivity index (χ3v) is 6.83. The molecule has 0 radical (unpaired) electrons. The highest BCUT2D eigenvalue weighted by atomic mass is 35.5. The van der Waals surface area contributed by atoms with Gasteiger partial charge in [-0.05, 0) is 52.9 Å². The van der Waals surface area contributed by atoms with E-state index in [-0.39, 0.29) is 32.3 Å². The third kappa shape index (κ3) is 4.91. The Morgan fingerprint density at radius 2 is 1.62 bits per heavy atom. The van der Waals surface area contributed by atoms with E-state index in [2.05, 4.69) is 20.8 Å². The van der Waals surface area contributed by atoms with Gasteiger partial charge in [-0.25, -0.2) is 0 Å². The summed E-state index contributed by atoms with van der Waals surface area (Å²) in [5.41, 5.74) is 2.05. The molecule has 6 nitrogen and oxygen atoms in total. The lowest BCUT2D eigenvalue weighted by Crippen LogP contribution is -2.29. The summed E-state index contributed by atoms with van der Waals surface area (Å²) in [6.45, 7) is 6.27. The topological polar surface area (TPSA) is 76.1 Å². The number of rotatable bonds is 5. The Morgan fingerprint density at radius 1 is 0.946 bits per heavy atom. The summed E-state index contributed by atoms with van der Waals surface area (Å²) in [5.74, 6) is -1.39. The highest BCUT2D eigenvalue weighted by Gasteiger charge is 2.47. The van der Waals surface area contributed by atoms with Gasteiger partial charge in [0.2, 0.25) is 0 Å². The number of methoxy groups -OCH3 is 2. The van der Waals surface area contributed by atoms with Crippen LogP contribution < -0.4 is 14.4 Å². The summed E-state index contributed by atoms with van der Waals surface area (Å²) >= 11 is 12.5. The first kappa shape index (κ1) is 26.6. The number of aliphatic hydroxyl groups is 1. The summed E-state index contributed by atoms with van der Waals surface area (Å²) in [6, 6.07) is 16.4. The normalized spacial score (nSPS) is 17.3. The van der Waals surface area contributed by atoms with Gasteiger partial charge in [0.25, 0.3) is 11.7 Å². The maximum Gasteiger partial charge on any atom is 0.300 e. The van der Waals surface area contributed by atoms with Crippen LogP contribution in [-0.4, -0.2) is 31.0 Å². The molecule has 0 bridgehead atoms. The summed E-state index contributed by atoms with van der Waals surface area (Å²) in [4.78, 5) is 28.4. The fourth-order valence-corrected chi connectivity index (χ4v) is 5.01. The molecule has 0 saturated carbocycles. The van der Waals surface area contributed by atoms with Crippen molar-refractivity contribution in [2.45, 2.75) is 32.2 Å². The number of benzene rings is 3. The van der Waals surface area contributed by atoms with Crippen molar-refractivity contribution in [3.63, 3.8) is 0 Å². The fourth-order valence-electron chi connectivity index (χ4n) is 4.44. The quantitative estimate of drug-likeness (QED) is 0.216. The van der Waals surface area contributed by atoms with E-state index >= 15 is 0 Å². The lowest BCUT2D eigenvalue weighted by molar-refractivity contribution is -0.132. The molecule has 1 heterocycles. The molecule has 4 rings (SSSR count). The van der Waals surface area contributed by atoms with Crippen molar-refractivity contribution >= 4 is 46.3 Å². The minimum Gasteiger partial charge on any atom is -0.507 e. The molecular formula is C29H27Cl2NO5. The number of ketones is 1. The molecule has 37 heavy (non-hydrogen) atoms. The fraction of sp³-hybridized carbons (Fsp3) is 0.241. The number of halogens is 2. The second-order valence-corrected chi connectivity index (χ2v) is 10.6. The Labute approximate surface area is 226 Å². The molecule has 8 heteroatoms. The van der Waals surface area contributed by atoms with Crippen molar-refractivity contribution in [3.8, 4) is 11.5 Å². The second kappa shape index (κ2) is 10.1. The van der Waals surface area contributed by atoms with Crippen molar-refractivity contribution in [1.29, 1.82) is 0 Å². The van der Waals surface area contributed by atoms with Crippen LogP contribution >= 0.6 is 23.2 Å². The van der Waals surface area contributed by atoms with Crippen LogP contribution in [0.25, 0.3) is 5.76 Å². The number of nitrogens with zero attached hydrogens (tertiary/aromatic N) is 1. The van der Waals surface area contributed by atoms with Gasteiger partial charge in [0.05, 0.1) is 36.4 Å². The molecule has 1 aliphatic heterocycles. The van der Waals surface area contributed by atoms with E-state index in [1.807, 2.05) is 12.1 Å². The van der Waals surface area contributed by atoms with Crippen LogP contribution in [0.4, 0.5) is 5.69 Å². The van der Waals surface area contributed by atoms with E-state index < -0.39 is 23.5 Å². The van der Waals surface area contributed by atoms with Crippen LogP contribution in [0.1, 0.15) is 43.5 Å². The summed E-state index contributed by atoms with van der Waals surface area (Å²) in [7, 11) is 2.92. The van der Waals surface area contributed by atoms with Crippen LogP contribution in [0.3, 0.4) is 0 Å². The van der Waals surface area contributed by atoms with Gasteiger partial charge in [0, 0.05) is 10.7 Å². The Morgan fingerprint density at radius 3 is 2.22 bits per heavy atom. The van der Waals surface area contributed by atoms with Crippen LogP contribution in [-0.2, 0) is 15.0 Å². The average molecular weight is 540 g/mol. The molecule has 1 N–H and O–H groups in total. The van der Waals surface area contributed by atoms with E-state index in [1.165, 1.54) is 31.3 Å². The first-order valence-corrected chi connectivity index (χ1v) is 12.3. The minimum absolute atomic E-state index is 0.0959. The third-order valence-electron chi connectivity index (χ3n) is 6.33. The first-order chi connectivity index (χ1) is 17.5. The van der Waals surface area contributed by atoms with Gasteiger partial charge in [-0.15, -0.1) is 0 Å². The van der Waals surface area contributed by atoms with Gasteiger partial charge in [-0.1, -0.05) is 68.2 Å². The van der Waals surface area contributed by atoms with Gasteiger partial charge in [-0.2, -0.15) is 0 Å². The Kier molecular flexibility index (Phi) is 7.27. The zero-order valence-electron chi connectivity index (χ0n) is 21.1. The van der Waals surface area contributed by atoms with Gasteiger partial charge in [0.1, 0.15) is 17.3 Å². The average Bonchev–Trinajstić information content (AvgIpc) is 3.13. The Hall–Kier alpha value is -3.48. The molecule has 1 atom stereocenters. The lowest BCUT2D eigenvalue weighted by Gasteiger charge is -2.27. The predicted octanol–water partition coefficient (Wildman–Crippen LogP) is 6.93. The number of hydrogen-bond donors (Lipinski definition) is 1. The molecule has 1 fully saturated rings. The highest BCUT2D eigenvalue weighted by Crippen LogP contribution is 2.45.